The number of carbonyl (C=O) groups excluding carboxylic acids is 3. The zero-order chi connectivity index (χ0) is 26.6. The van der Waals surface area contributed by atoms with Gasteiger partial charge in [0.2, 0.25) is 0 Å². The van der Waals surface area contributed by atoms with Gasteiger partial charge in [-0.3, -0.25) is 9.36 Å². The molecule has 194 valence electrons. The molecule has 0 bridgehead atoms. The molecule has 3 heterocycles. The van der Waals surface area contributed by atoms with E-state index in [0.29, 0.717) is 16.7 Å². The molecule has 1 aliphatic rings. The Morgan fingerprint density at radius 1 is 0.895 bits per heavy atom. The van der Waals surface area contributed by atoms with E-state index in [9.17, 15) is 14.4 Å². The number of carbonyl (C=O) groups is 3. The highest BCUT2D eigenvalue weighted by atomic mass is 16.8. The molecule has 2 N–H and O–H groups in total. The third-order valence-electron chi connectivity index (χ3n) is 5.89. The summed E-state index contributed by atoms with van der Waals surface area (Å²) < 4.78 is 24.6. The van der Waals surface area contributed by atoms with Gasteiger partial charge in [-0.15, -0.1) is 0 Å². The van der Waals surface area contributed by atoms with Crippen LogP contribution in [0.25, 0.3) is 11.2 Å². The van der Waals surface area contributed by atoms with Crippen molar-refractivity contribution in [3.63, 3.8) is 0 Å². The van der Waals surface area contributed by atoms with Crippen molar-refractivity contribution in [2.24, 2.45) is 0 Å². The first-order valence-corrected chi connectivity index (χ1v) is 11.7. The Bertz CT molecular complexity index is 1460. The molecular weight excluding hydrogens is 499 g/mol. The molecule has 1 saturated heterocycles. The first-order chi connectivity index (χ1) is 18.4. The van der Waals surface area contributed by atoms with E-state index in [2.05, 4.69) is 15.0 Å². The molecule has 5 rings (SSSR count). The van der Waals surface area contributed by atoms with Crippen LogP contribution in [0.2, 0.25) is 0 Å². The molecule has 0 amide bonds. The lowest BCUT2D eigenvalue weighted by atomic mass is 10.2. The van der Waals surface area contributed by atoms with Crippen LogP contribution in [-0.2, 0) is 23.7 Å². The Morgan fingerprint density at radius 3 is 2.21 bits per heavy atom. The van der Waals surface area contributed by atoms with Gasteiger partial charge < -0.3 is 24.7 Å². The predicted molar refractivity (Wildman–Crippen MR) is 132 cm³/mol. The Kier molecular flexibility index (Phi) is 6.96. The predicted octanol–water partition coefficient (Wildman–Crippen LogP) is 2.32. The summed E-state index contributed by atoms with van der Waals surface area (Å²) in [6.45, 7) is 0.931. The number of aromatic nitrogens is 4. The van der Waals surface area contributed by atoms with Gasteiger partial charge in [0.05, 0.1) is 17.5 Å². The summed E-state index contributed by atoms with van der Waals surface area (Å²) in [5.74, 6) is -1.75. The lowest BCUT2D eigenvalue weighted by molar-refractivity contribution is -0.156. The van der Waals surface area contributed by atoms with Crippen molar-refractivity contribution in [3.8, 4) is 0 Å². The number of hydrogen-bond acceptors (Lipinski definition) is 11. The van der Waals surface area contributed by atoms with E-state index in [4.69, 9.17) is 24.7 Å². The Morgan fingerprint density at radius 2 is 1.55 bits per heavy atom. The quantitative estimate of drug-likeness (QED) is 0.216. The van der Waals surface area contributed by atoms with Crippen molar-refractivity contribution in [2.45, 2.75) is 31.5 Å². The fraction of sp³-hybridized carbons (Fsp3) is 0.231. The first kappa shape index (κ1) is 24.8. The van der Waals surface area contributed by atoms with Crippen LogP contribution < -0.4 is 5.73 Å². The second-order valence-corrected chi connectivity index (χ2v) is 8.42. The molecule has 1 fully saturated rings. The highest BCUT2D eigenvalue weighted by Crippen LogP contribution is 2.36. The van der Waals surface area contributed by atoms with Crippen molar-refractivity contribution in [1.29, 1.82) is 0 Å². The summed E-state index contributed by atoms with van der Waals surface area (Å²) >= 11 is 0. The van der Waals surface area contributed by atoms with Crippen LogP contribution in [0, 0.1) is 0 Å². The van der Waals surface area contributed by atoms with Crippen molar-refractivity contribution in [1.82, 2.24) is 19.5 Å². The van der Waals surface area contributed by atoms with E-state index in [1.54, 1.807) is 60.7 Å². The van der Waals surface area contributed by atoms with Crippen LogP contribution in [0.4, 0.5) is 5.82 Å². The number of rotatable bonds is 7. The minimum Gasteiger partial charge on any atom is -0.459 e. The normalized spacial score (nSPS) is 20.7. The van der Waals surface area contributed by atoms with E-state index < -0.39 is 42.4 Å². The standard InChI is InChI=1S/C26H23N5O7/c1-15(32)36-21-20(38-26(34)17-10-6-3-7-11-17)18(12-35-25(33)16-8-4-2-5-9-16)37-24(21)31-14-30-19-22(27)28-13-29-23(19)31/h2-11,13-14,18,20-21,24H,12H2,1H3,(H2,27,28,29)/t18-,20-,21-,24-/m1/s1/i12+1,18+1,20+1,21+1,24+1. The number of imidazole rings is 1. The summed E-state index contributed by atoms with van der Waals surface area (Å²) in [5.41, 5.74) is 7.17. The minimum absolute atomic E-state index is 0.149. The highest BCUT2D eigenvalue weighted by Gasteiger charge is 2.51. The fourth-order valence-electron chi connectivity index (χ4n) is 4.16. The average molecular weight is 522 g/mol. The van der Waals surface area contributed by atoms with Gasteiger partial charge in [-0.25, -0.2) is 24.5 Å². The molecule has 0 spiro atoms. The van der Waals surface area contributed by atoms with Gasteiger partial charge in [-0.2, -0.15) is 0 Å². The maximum Gasteiger partial charge on any atom is 0.338 e. The van der Waals surface area contributed by atoms with E-state index in [1.165, 1.54) is 24.1 Å². The summed E-state index contributed by atoms with van der Waals surface area (Å²) in [4.78, 5) is 50.1. The number of nitrogens with two attached hydrogens (primary N) is 1. The molecule has 38 heavy (non-hydrogen) atoms. The average Bonchev–Trinajstić information content (AvgIpc) is 3.50. The van der Waals surface area contributed by atoms with Gasteiger partial charge in [0, 0.05) is 6.92 Å². The molecule has 0 unspecified atom stereocenters. The van der Waals surface area contributed by atoms with Crippen molar-refractivity contribution in [2.75, 3.05) is 12.3 Å². The lowest BCUT2D eigenvalue weighted by Gasteiger charge is -2.24. The Labute approximate surface area is 216 Å². The second kappa shape index (κ2) is 10.6. The molecule has 12 nitrogen and oxygen atoms in total. The number of fused-ring (bicyclic) bond motifs is 1. The molecule has 1 aliphatic heterocycles. The third kappa shape index (κ3) is 5.02. The van der Waals surface area contributed by atoms with E-state index in [0.717, 1.165) is 0 Å². The maximum atomic E-state index is 13.0. The molecule has 0 radical (unpaired) electrons. The SMILES string of the molecule is CC(=O)O[13C@@H]1[13C@H](OC(=O)c2ccccc2)[13C@@H]([13CH2]OC(=O)c2ccccc2)O[13C@H]1n1cnc2c(N)ncnc21. The molecule has 2 aromatic heterocycles. The largest absolute Gasteiger partial charge is 0.459 e. The monoisotopic (exact) mass is 522 g/mol. The molecular formula is C26H23N5O7. The van der Waals surface area contributed by atoms with Crippen LogP contribution in [0.3, 0.4) is 0 Å². The number of esters is 3. The fourth-order valence-corrected chi connectivity index (χ4v) is 4.16. The van der Waals surface area contributed by atoms with Crippen molar-refractivity contribution < 1.29 is 33.3 Å². The van der Waals surface area contributed by atoms with Gasteiger partial charge in [0.25, 0.3) is 0 Å². The van der Waals surface area contributed by atoms with Gasteiger partial charge in [0.1, 0.15) is 24.6 Å². The molecule has 12 heteroatoms. The number of anilines is 1. The second-order valence-electron chi connectivity index (χ2n) is 8.42. The van der Waals surface area contributed by atoms with Crippen molar-refractivity contribution >= 4 is 34.9 Å². The topological polar surface area (TPSA) is 158 Å². The van der Waals surface area contributed by atoms with Crippen LogP contribution in [0.5, 0.6) is 0 Å². The zero-order valence-electron chi connectivity index (χ0n) is 20.2. The minimum atomic E-state index is -1.14. The van der Waals surface area contributed by atoms with Crippen LogP contribution in [0.1, 0.15) is 33.9 Å². The number of ether oxygens (including phenoxy) is 4. The Hall–Kier alpha value is -4.84. The van der Waals surface area contributed by atoms with Crippen LogP contribution in [0.15, 0.2) is 73.3 Å². The number of nitrogens with zero attached hydrogens (tertiary/aromatic N) is 4. The Balaban J connectivity index is 1.48. The third-order valence-corrected chi connectivity index (χ3v) is 5.89. The number of hydrogen-bond donors (Lipinski definition) is 1. The molecule has 2 aromatic carbocycles. The number of nitrogen functional groups attached to an aromatic ring is 1. The smallest absolute Gasteiger partial charge is 0.338 e. The molecule has 4 aromatic rings. The first-order valence-electron chi connectivity index (χ1n) is 11.7. The summed E-state index contributed by atoms with van der Waals surface area (Å²) in [6, 6.07) is 16.7. The summed E-state index contributed by atoms with van der Waals surface area (Å²) in [6.07, 6.45) is -1.64. The van der Waals surface area contributed by atoms with Gasteiger partial charge >= 0.3 is 17.9 Å². The summed E-state index contributed by atoms with van der Waals surface area (Å²) in [7, 11) is 0. The van der Waals surface area contributed by atoms with E-state index >= 15 is 0 Å². The molecule has 0 saturated carbocycles. The van der Waals surface area contributed by atoms with Crippen LogP contribution in [-0.4, -0.2) is 62.3 Å². The van der Waals surface area contributed by atoms with Crippen LogP contribution >= 0.6 is 0 Å². The van der Waals surface area contributed by atoms with Gasteiger partial charge in [-0.05, 0) is 24.3 Å². The van der Waals surface area contributed by atoms with Crippen molar-refractivity contribution in [3.05, 3.63) is 84.4 Å². The van der Waals surface area contributed by atoms with Gasteiger partial charge in [-0.1, -0.05) is 36.4 Å². The van der Waals surface area contributed by atoms with E-state index in [1.807, 2.05) is 0 Å². The maximum absolute atomic E-state index is 13.0. The molecule has 0 aliphatic carbocycles. The zero-order valence-corrected chi connectivity index (χ0v) is 20.2. The highest BCUT2D eigenvalue weighted by molar-refractivity contribution is 5.90. The number of benzene rings is 2. The van der Waals surface area contributed by atoms with E-state index in [-0.39, 0.29) is 18.0 Å². The molecule has 4 atom stereocenters. The van der Waals surface area contributed by atoms with Gasteiger partial charge in [0.15, 0.2) is 29.9 Å². The summed E-state index contributed by atoms with van der Waals surface area (Å²) in [5, 5.41) is 0. The lowest BCUT2D eigenvalue weighted by Crippen LogP contribution is -2.41.